The van der Waals surface area contributed by atoms with Gasteiger partial charge in [0.05, 0.1) is 0 Å². The van der Waals surface area contributed by atoms with Gasteiger partial charge in [-0.2, -0.15) is 0 Å². The molecule has 0 amide bonds. The highest BCUT2D eigenvalue weighted by atomic mass is 15.4. The number of unbranched alkanes of at least 4 members (excludes halogenated alkanes) is 4. The fourth-order valence-electron chi connectivity index (χ4n) is 2.11. The lowest BCUT2D eigenvalue weighted by atomic mass is 10.1. The third-order valence-corrected chi connectivity index (χ3v) is 3.17. The van der Waals surface area contributed by atoms with Crippen LogP contribution in [-0.2, 0) is 0 Å². The number of hydrogen-bond acceptors (Lipinski definition) is 5. The fourth-order valence-corrected chi connectivity index (χ4v) is 2.11. The lowest BCUT2D eigenvalue weighted by Crippen LogP contribution is -2.49. The van der Waals surface area contributed by atoms with Crippen molar-refractivity contribution in [2.24, 2.45) is 21.5 Å². The van der Waals surface area contributed by atoms with Crippen LogP contribution in [0.3, 0.4) is 0 Å². The van der Waals surface area contributed by atoms with Gasteiger partial charge in [0, 0.05) is 13.0 Å². The standard InChI is InChI=1S/C13H27N5/c1-3-5-7-9-11-16-12(14)17-13(15)18(11)10-8-6-4-2/h13H,3-10,15H2,1-2H3,(H2,14,17). The van der Waals surface area contributed by atoms with Gasteiger partial charge < -0.3 is 10.6 Å². The molecule has 0 saturated heterocycles. The Morgan fingerprint density at radius 1 is 1.11 bits per heavy atom. The van der Waals surface area contributed by atoms with Crippen molar-refractivity contribution in [3.63, 3.8) is 0 Å². The second kappa shape index (κ2) is 8.08. The monoisotopic (exact) mass is 253 g/mol. The Balaban J connectivity index is 2.56. The van der Waals surface area contributed by atoms with Crippen molar-refractivity contribution in [2.75, 3.05) is 6.54 Å². The molecule has 0 aromatic carbocycles. The van der Waals surface area contributed by atoms with Crippen LogP contribution >= 0.6 is 0 Å². The molecule has 0 aliphatic carbocycles. The van der Waals surface area contributed by atoms with Crippen LogP contribution in [0.2, 0.25) is 0 Å². The summed E-state index contributed by atoms with van der Waals surface area (Å²) >= 11 is 0. The van der Waals surface area contributed by atoms with E-state index in [-0.39, 0.29) is 6.29 Å². The van der Waals surface area contributed by atoms with Gasteiger partial charge in [0.1, 0.15) is 5.84 Å². The van der Waals surface area contributed by atoms with Crippen LogP contribution in [0.25, 0.3) is 0 Å². The molecule has 0 aromatic rings. The first kappa shape index (κ1) is 15.0. The number of guanidine groups is 1. The highest BCUT2D eigenvalue weighted by Crippen LogP contribution is 2.12. The van der Waals surface area contributed by atoms with E-state index in [2.05, 4.69) is 28.7 Å². The van der Waals surface area contributed by atoms with Gasteiger partial charge in [-0.05, 0) is 12.8 Å². The zero-order valence-corrected chi connectivity index (χ0v) is 11.7. The van der Waals surface area contributed by atoms with E-state index in [0.29, 0.717) is 5.96 Å². The van der Waals surface area contributed by atoms with E-state index in [1.165, 1.54) is 25.7 Å². The van der Waals surface area contributed by atoms with Crippen molar-refractivity contribution in [1.29, 1.82) is 0 Å². The Hall–Kier alpha value is -1.10. The van der Waals surface area contributed by atoms with Gasteiger partial charge >= 0.3 is 0 Å². The van der Waals surface area contributed by atoms with Gasteiger partial charge in [-0.1, -0.05) is 39.5 Å². The molecule has 0 spiro atoms. The van der Waals surface area contributed by atoms with Crippen molar-refractivity contribution < 1.29 is 0 Å². The summed E-state index contributed by atoms with van der Waals surface area (Å²) in [5, 5.41) is 0. The number of aliphatic imine (C=N–C) groups is 2. The Kier molecular flexibility index (Phi) is 6.72. The molecule has 1 heterocycles. The van der Waals surface area contributed by atoms with Crippen LogP contribution in [0.15, 0.2) is 9.98 Å². The molecular formula is C13H27N5. The van der Waals surface area contributed by atoms with Gasteiger partial charge in [0.25, 0.3) is 0 Å². The molecule has 1 aliphatic rings. The number of rotatable bonds is 8. The molecule has 1 rings (SSSR count). The zero-order chi connectivity index (χ0) is 13.4. The number of hydrogen-bond donors (Lipinski definition) is 2. The maximum atomic E-state index is 6.02. The van der Waals surface area contributed by atoms with Crippen LogP contribution in [0.1, 0.15) is 58.8 Å². The van der Waals surface area contributed by atoms with E-state index in [4.69, 9.17) is 11.5 Å². The van der Waals surface area contributed by atoms with Gasteiger partial charge in [-0.3, -0.25) is 5.73 Å². The maximum Gasteiger partial charge on any atom is 0.220 e. The Labute approximate surface area is 110 Å². The molecule has 1 aliphatic heterocycles. The van der Waals surface area contributed by atoms with Gasteiger partial charge in [-0.25, -0.2) is 9.98 Å². The van der Waals surface area contributed by atoms with E-state index in [1.54, 1.807) is 0 Å². The maximum absolute atomic E-state index is 6.02. The highest BCUT2D eigenvalue weighted by molar-refractivity contribution is 5.97. The average Bonchev–Trinajstić information content (AvgIpc) is 2.32. The summed E-state index contributed by atoms with van der Waals surface area (Å²) in [6, 6.07) is 0. The largest absolute Gasteiger partial charge is 0.368 e. The minimum atomic E-state index is -0.351. The molecule has 0 fully saturated rings. The first-order valence-corrected chi connectivity index (χ1v) is 7.12. The van der Waals surface area contributed by atoms with Gasteiger partial charge in [0.15, 0.2) is 6.29 Å². The van der Waals surface area contributed by atoms with Crippen LogP contribution in [-0.4, -0.2) is 29.5 Å². The van der Waals surface area contributed by atoms with Crippen LogP contribution < -0.4 is 11.5 Å². The molecule has 5 nitrogen and oxygen atoms in total. The lowest BCUT2D eigenvalue weighted by Gasteiger charge is -2.32. The third-order valence-electron chi connectivity index (χ3n) is 3.17. The van der Waals surface area contributed by atoms with Gasteiger partial charge in [0.2, 0.25) is 5.96 Å². The summed E-state index contributed by atoms with van der Waals surface area (Å²) in [5.41, 5.74) is 11.7. The topological polar surface area (TPSA) is 80.0 Å². The second-order valence-corrected chi connectivity index (χ2v) is 4.79. The van der Waals surface area contributed by atoms with E-state index in [0.717, 1.165) is 31.6 Å². The summed E-state index contributed by atoms with van der Waals surface area (Å²) in [5.74, 6) is 1.33. The van der Waals surface area contributed by atoms with Crippen LogP contribution in [0.5, 0.6) is 0 Å². The summed E-state index contributed by atoms with van der Waals surface area (Å²) < 4.78 is 0. The summed E-state index contributed by atoms with van der Waals surface area (Å²) in [6.45, 7) is 5.32. The summed E-state index contributed by atoms with van der Waals surface area (Å²) in [4.78, 5) is 10.6. The van der Waals surface area contributed by atoms with Crippen molar-refractivity contribution in [3.05, 3.63) is 0 Å². The predicted octanol–water partition coefficient (Wildman–Crippen LogP) is 2.03. The van der Waals surface area contributed by atoms with Crippen molar-refractivity contribution in [2.45, 2.75) is 65.1 Å². The zero-order valence-electron chi connectivity index (χ0n) is 11.7. The van der Waals surface area contributed by atoms with E-state index in [1.807, 2.05) is 0 Å². The molecule has 0 saturated carbocycles. The molecule has 4 N–H and O–H groups in total. The smallest absolute Gasteiger partial charge is 0.220 e. The van der Waals surface area contributed by atoms with Crippen molar-refractivity contribution in [3.8, 4) is 0 Å². The molecule has 0 aromatic heterocycles. The van der Waals surface area contributed by atoms with E-state index >= 15 is 0 Å². The third kappa shape index (κ3) is 4.64. The predicted molar refractivity (Wildman–Crippen MR) is 77.4 cm³/mol. The lowest BCUT2D eigenvalue weighted by molar-refractivity contribution is 0.306. The SMILES string of the molecule is CCCCCC1=NC(N)=NC(N)N1CCCCC. The van der Waals surface area contributed by atoms with E-state index < -0.39 is 0 Å². The number of nitrogens with two attached hydrogens (primary N) is 2. The number of nitrogens with zero attached hydrogens (tertiary/aromatic N) is 3. The minimum absolute atomic E-state index is 0.320. The van der Waals surface area contributed by atoms with Crippen molar-refractivity contribution in [1.82, 2.24) is 4.90 Å². The molecule has 0 bridgehead atoms. The second-order valence-electron chi connectivity index (χ2n) is 4.79. The van der Waals surface area contributed by atoms with Crippen molar-refractivity contribution >= 4 is 11.8 Å². The highest BCUT2D eigenvalue weighted by Gasteiger charge is 2.21. The Morgan fingerprint density at radius 3 is 2.44 bits per heavy atom. The molecule has 104 valence electrons. The molecule has 5 heteroatoms. The number of amidine groups is 1. The van der Waals surface area contributed by atoms with Crippen LogP contribution in [0, 0.1) is 0 Å². The Morgan fingerprint density at radius 2 is 1.78 bits per heavy atom. The quantitative estimate of drug-likeness (QED) is 0.649. The molecule has 1 unspecified atom stereocenters. The minimum Gasteiger partial charge on any atom is -0.368 e. The van der Waals surface area contributed by atoms with Gasteiger partial charge in [-0.15, -0.1) is 0 Å². The van der Waals surface area contributed by atoms with Crippen LogP contribution in [0.4, 0.5) is 0 Å². The fraction of sp³-hybridized carbons (Fsp3) is 0.846. The molecule has 18 heavy (non-hydrogen) atoms. The normalized spacial score (nSPS) is 19.7. The molecule has 0 radical (unpaired) electrons. The molecular weight excluding hydrogens is 226 g/mol. The average molecular weight is 253 g/mol. The molecule has 1 atom stereocenters. The summed E-state index contributed by atoms with van der Waals surface area (Å²) in [7, 11) is 0. The first-order chi connectivity index (χ1) is 8.69. The van der Waals surface area contributed by atoms with E-state index in [9.17, 15) is 0 Å². The Bertz CT molecular complexity index is 298. The first-order valence-electron chi connectivity index (χ1n) is 7.12. The summed E-state index contributed by atoms with van der Waals surface area (Å²) in [6.07, 6.45) is 7.71.